The third-order valence-corrected chi connectivity index (χ3v) is 2.93. The third kappa shape index (κ3) is 4.29. The van der Waals surface area contributed by atoms with Crippen LogP contribution in [0.3, 0.4) is 0 Å². The van der Waals surface area contributed by atoms with Crippen LogP contribution in [0.25, 0.3) is 11.2 Å². The van der Waals surface area contributed by atoms with E-state index in [-0.39, 0.29) is 5.69 Å². The average molecular weight is 295 g/mol. The number of rotatable bonds is 1. The predicted molar refractivity (Wildman–Crippen MR) is 84.8 cm³/mol. The van der Waals surface area contributed by atoms with Gasteiger partial charge in [-0.3, -0.25) is 9.55 Å². The van der Waals surface area contributed by atoms with Crippen LogP contribution in [0.4, 0.5) is 5.82 Å². The number of hydrogen-bond donors (Lipinski definition) is 2. The lowest BCUT2D eigenvalue weighted by Gasteiger charge is -2.02. The summed E-state index contributed by atoms with van der Waals surface area (Å²) in [4.78, 5) is 22.3. The van der Waals surface area contributed by atoms with Crippen LogP contribution in [0.15, 0.2) is 4.79 Å². The van der Waals surface area contributed by atoms with Crippen molar-refractivity contribution >= 4 is 17.0 Å². The maximum absolute atomic E-state index is 11.3. The van der Waals surface area contributed by atoms with Crippen molar-refractivity contribution in [3.05, 3.63) is 16.3 Å². The third-order valence-electron chi connectivity index (χ3n) is 2.93. The van der Waals surface area contributed by atoms with Crippen LogP contribution in [0.2, 0.25) is 0 Å². The Morgan fingerprint density at radius 1 is 1.24 bits per heavy atom. The molecule has 0 atom stereocenters. The lowest BCUT2D eigenvalue weighted by Crippen LogP contribution is -2.12. The first-order valence-corrected chi connectivity index (χ1v) is 7.32. The normalized spacial score (nSPS) is 13.2. The molecule has 0 bridgehead atoms. The van der Waals surface area contributed by atoms with E-state index in [0.717, 1.165) is 13.2 Å². The SMILES string of the molecule is C1CCOC1.CC.CNc1nc(C)nc2[nH]c(=O)n(C)c12. The molecule has 1 fully saturated rings. The molecule has 0 aliphatic carbocycles. The van der Waals surface area contributed by atoms with E-state index in [1.54, 1.807) is 21.0 Å². The van der Waals surface area contributed by atoms with Crippen molar-refractivity contribution in [2.24, 2.45) is 7.05 Å². The fourth-order valence-electron chi connectivity index (χ4n) is 1.94. The lowest BCUT2D eigenvalue weighted by atomic mass is 10.4. The van der Waals surface area contributed by atoms with E-state index in [0.29, 0.717) is 22.8 Å². The zero-order valence-corrected chi connectivity index (χ0v) is 13.5. The van der Waals surface area contributed by atoms with Gasteiger partial charge < -0.3 is 10.1 Å². The Hall–Kier alpha value is -1.89. The molecule has 0 saturated carbocycles. The number of anilines is 1. The van der Waals surface area contributed by atoms with Gasteiger partial charge in [0.05, 0.1) is 0 Å². The topological polar surface area (TPSA) is 84.8 Å². The summed E-state index contributed by atoms with van der Waals surface area (Å²) in [6.07, 6.45) is 2.56. The summed E-state index contributed by atoms with van der Waals surface area (Å²) in [5, 5.41) is 2.93. The van der Waals surface area contributed by atoms with E-state index >= 15 is 0 Å². The second-order valence-corrected chi connectivity index (χ2v) is 4.38. The summed E-state index contributed by atoms with van der Waals surface area (Å²) >= 11 is 0. The molecule has 0 radical (unpaired) electrons. The van der Waals surface area contributed by atoms with Gasteiger partial charge in [-0.1, -0.05) is 13.8 Å². The molecule has 0 amide bonds. The molecule has 118 valence electrons. The molecule has 1 aliphatic heterocycles. The fourth-order valence-corrected chi connectivity index (χ4v) is 1.94. The van der Waals surface area contributed by atoms with Crippen LogP contribution in [0, 0.1) is 6.92 Å². The minimum Gasteiger partial charge on any atom is -0.381 e. The van der Waals surface area contributed by atoms with Crippen LogP contribution < -0.4 is 11.0 Å². The highest BCUT2D eigenvalue weighted by Crippen LogP contribution is 2.15. The molecular formula is C14H25N5O2. The molecule has 1 aliphatic rings. The number of imidazole rings is 1. The van der Waals surface area contributed by atoms with Gasteiger partial charge in [0, 0.05) is 27.3 Å². The first-order chi connectivity index (χ1) is 10.1. The van der Waals surface area contributed by atoms with E-state index in [4.69, 9.17) is 4.74 Å². The summed E-state index contributed by atoms with van der Waals surface area (Å²) < 4.78 is 6.43. The van der Waals surface area contributed by atoms with Crippen molar-refractivity contribution in [3.8, 4) is 0 Å². The fraction of sp³-hybridized carbons (Fsp3) is 0.643. The summed E-state index contributed by atoms with van der Waals surface area (Å²) in [6.45, 7) is 7.78. The number of fused-ring (bicyclic) bond motifs is 1. The quantitative estimate of drug-likeness (QED) is 0.838. The summed E-state index contributed by atoms with van der Waals surface area (Å²) in [7, 11) is 3.44. The van der Waals surface area contributed by atoms with Gasteiger partial charge in [0.2, 0.25) is 0 Å². The van der Waals surface area contributed by atoms with Crippen molar-refractivity contribution in [3.63, 3.8) is 0 Å². The molecule has 0 aromatic carbocycles. The molecule has 3 rings (SSSR count). The molecule has 21 heavy (non-hydrogen) atoms. The van der Waals surface area contributed by atoms with Crippen LogP contribution >= 0.6 is 0 Å². The van der Waals surface area contributed by atoms with E-state index in [9.17, 15) is 4.79 Å². The van der Waals surface area contributed by atoms with E-state index < -0.39 is 0 Å². The number of nitrogens with zero attached hydrogens (tertiary/aromatic N) is 3. The second kappa shape index (κ2) is 8.41. The van der Waals surface area contributed by atoms with Gasteiger partial charge in [-0.25, -0.2) is 14.8 Å². The largest absolute Gasteiger partial charge is 0.381 e. The Kier molecular flexibility index (Phi) is 6.87. The molecule has 2 aromatic heterocycles. The maximum Gasteiger partial charge on any atom is 0.327 e. The summed E-state index contributed by atoms with van der Waals surface area (Å²) in [5.41, 5.74) is 1.08. The number of aromatic nitrogens is 4. The average Bonchev–Trinajstić information content (AvgIpc) is 3.14. The van der Waals surface area contributed by atoms with Gasteiger partial charge in [-0.05, 0) is 19.8 Å². The lowest BCUT2D eigenvalue weighted by molar-refractivity contribution is 0.198. The van der Waals surface area contributed by atoms with Crippen molar-refractivity contribution in [2.75, 3.05) is 25.6 Å². The number of aryl methyl sites for hydroxylation is 2. The van der Waals surface area contributed by atoms with Crippen LogP contribution in [0.1, 0.15) is 32.5 Å². The molecule has 3 heterocycles. The van der Waals surface area contributed by atoms with Crippen molar-refractivity contribution in [1.82, 2.24) is 19.5 Å². The molecule has 2 aromatic rings. The zero-order valence-electron chi connectivity index (χ0n) is 13.5. The van der Waals surface area contributed by atoms with E-state index in [2.05, 4.69) is 20.3 Å². The first-order valence-electron chi connectivity index (χ1n) is 7.32. The maximum atomic E-state index is 11.3. The van der Waals surface area contributed by atoms with Crippen LogP contribution in [-0.2, 0) is 11.8 Å². The Morgan fingerprint density at radius 2 is 1.86 bits per heavy atom. The minimum atomic E-state index is -0.184. The van der Waals surface area contributed by atoms with E-state index in [1.165, 1.54) is 17.4 Å². The molecule has 1 saturated heterocycles. The monoisotopic (exact) mass is 295 g/mol. The highest BCUT2D eigenvalue weighted by molar-refractivity contribution is 5.82. The number of ether oxygens (including phenoxy) is 1. The van der Waals surface area contributed by atoms with Crippen LogP contribution in [0.5, 0.6) is 0 Å². The first kappa shape index (κ1) is 17.2. The van der Waals surface area contributed by atoms with E-state index in [1.807, 2.05) is 13.8 Å². The zero-order chi connectivity index (χ0) is 15.8. The Morgan fingerprint density at radius 3 is 2.33 bits per heavy atom. The smallest absolute Gasteiger partial charge is 0.327 e. The number of H-pyrrole nitrogens is 1. The number of aromatic amines is 1. The molecule has 2 N–H and O–H groups in total. The second-order valence-electron chi connectivity index (χ2n) is 4.38. The van der Waals surface area contributed by atoms with Gasteiger partial charge in [0.1, 0.15) is 11.3 Å². The van der Waals surface area contributed by atoms with Crippen molar-refractivity contribution in [1.29, 1.82) is 0 Å². The standard InChI is InChI=1S/C8H11N5O.C4H8O.C2H6/c1-4-10-6(9-2)5-7(11-4)12-8(14)13(5)3;1-2-4-5-3-1;1-2/h1-3H3,(H2,9,10,11,12,14);1-4H2;1-2H3. The van der Waals surface area contributed by atoms with Gasteiger partial charge >= 0.3 is 5.69 Å². The highest BCUT2D eigenvalue weighted by atomic mass is 16.5. The molecule has 7 nitrogen and oxygen atoms in total. The number of nitrogens with one attached hydrogen (secondary N) is 2. The molecule has 0 spiro atoms. The molecular weight excluding hydrogens is 270 g/mol. The summed E-state index contributed by atoms with van der Waals surface area (Å²) in [6, 6.07) is 0. The van der Waals surface area contributed by atoms with Gasteiger partial charge in [-0.2, -0.15) is 0 Å². The van der Waals surface area contributed by atoms with Crippen molar-refractivity contribution in [2.45, 2.75) is 33.6 Å². The van der Waals surface area contributed by atoms with Gasteiger partial charge in [-0.15, -0.1) is 0 Å². The highest BCUT2D eigenvalue weighted by Gasteiger charge is 2.10. The number of hydrogen-bond acceptors (Lipinski definition) is 5. The van der Waals surface area contributed by atoms with Crippen molar-refractivity contribution < 1.29 is 4.74 Å². The minimum absolute atomic E-state index is 0.184. The molecule has 0 unspecified atom stereocenters. The Bertz CT molecular complexity index is 606. The molecule has 7 heteroatoms. The Labute approximate surface area is 124 Å². The van der Waals surface area contributed by atoms with Gasteiger partial charge in [0.25, 0.3) is 0 Å². The summed E-state index contributed by atoms with van der Waals surface area (Å²) in [5.74, 6) is 1.29. The Balaban J connectivity index is 0.000000263. The van der Waals surface area contributed by atoms with Crippen LogP contribution in [-0.4, -0.2) is 39.8 Å². The predicted octanol–water partition coefficient (Wildman–Crippen LogP) is 1.83. The van der Waals surface area contributed by atoms with Gasteiger partial charge in [0.15, 0.2) is 11.5 Å².